The van der Waals surface area contributed by atoms with Crippen LogP contribution in [-0.2, 0) is 6.18 Å². The summed E-state index contributed by atoms with van der Waals surface area (Å²) in [5.74, 6) is -2.11. The smallest absolute Gasteiger partial charge is 0.204 e. The summed E-state index contributed by atoms with van der Waals surface area (Å²) in [4.78, 5) is 0.430. The Hall–Kier alpha value is -2.07. The molecule has 0 heterocycles. The zero-order chi connectivity index (χ0) is 15.6. The van der Waals surface area contributed by atoms with Gasteiger partial charge in [-0.15, -0.1) is 0 Å². The van der Waals surface area contributed by atoms with Crippen LogP contribution >= 0.6 is 11.8 Å². The lowest BCUT2D eigenvalue weighted by Gasteiger charge is -2.10. The Morgan fingerprint density at radius 1 is 0.905 bits per heavy atom. The highest BCUT2D eigenvalue weighted by Crippen LogP contribution is 2.36. The third-order valence-corrected chi connectivity index (χ3v) is 3.52. The van der Waals surface area contributed by atoms with Crippen LogP contribution in [0.25, 0.3) is 0 Å². The topological polar surface area (TPSA) is 23.8 Å². The van der Waals surface area contributed by atoms with Gasteiger partial charge in [-0.05, 0) is 36.4 Å². The van der Waals surface area contributed by atoms with Gasteiger partial charge < -0.3 is 0 Å². The van der Waals surface area contributed by atoms with Crippen molar-refractivity contribution in [1.29, 1.82) is 5.26 Å². The van der Waals surface area contributed by atoms with Gasteiger partial charge in [-0.1, -0.05) is 11.8 Å². The Bertz CT molecular complexity index is 718. The van der Waals surface area contributed by atoms with Crippen molar-refractivity contribution in [3.8, 4) is 6.07 Å². The molecule has 0 saturated heterocycles. The van der Waals surface area contributed by atoms with E-state index in [4.69, 9.17) is 5.26 Å². The van der Waals surface area contributed by atoms with Gasteiger partial charge in [-0.3, -0.25) is 0 Å². The van der Waals surface area contributed by atoms with Crippen molar-refractivity contribution in [3.63, 3.8) is 0 Å². The molecule has 0 aliphatic rings. The molecule has 0 fully saturated rings. The summed E-state index contributed by atoms with van der Waals surface area (Å²) in [5, 5.41) is 8.68. The van der Waals surface area contributed by atoms with E-state index in [9.17, 15) is 22.0 Å². The molecule has 0 aliphatic carbocycles. The van der Waals surface area contributed by atoms with E-state index in [1.807, 2.05) is 0 Å². The summed E-state index contributed by atoms with van der Waals surface area (Å²) in [6.45, 7) is 0. The number of alkyl halides is 3. The van der Waals surface area contributed by atoms with Gasteiger partial charge in [-0.25, -0.2) is 8.78 Å². The highest BCUT2D eigenvalue weighted by molar-refractivity contribution is 7.99. The van der Waals surface area contributed by atoms with E-state index < -0.39 is 28.9 Å². The van der Waals surface area contributed by atoms with E-state index in [0.29, 0.717) is 0 Å². The molecule has 0 atom stereocenters. The lowest BCUT2D eigenvalue weighted by atomic mass is 10.1. The number of nitriles is 1. The van der Waals surface area contributed by atoms with Crippen LogP contribution in [0.1, 0.15) is 11.1 Å². The van der Waals surface area contributed by atoms with Gasteiger partial charge in [0, 0.05) is 9.79 Å². The van der Waals surface area contributed by atoms with Crippen LogP contribution in [0.2, 0.25) is 0 Å². The lowest BCUT2D eigenvalue weighted by molar-refractivity contribution is -0.137. The maximum atomic E-state index is 13.1. The summed E-state index contributed by atoms with van der Waals surface area (Å²) in [6.07, 6.45) is -4.66. The van der Waals surface area contributed by atoms with Crippen molar-refractivity contribution >= 4 is 11.8 Å². The normalized spacial score (nSPS) is 11.2. The first kappa shape index (κ1) is 15.3. The summed E-state index contributed by atoms with van der Waals surface area (Å²) in [7, 11) is 0. The average molecular weight is 315 g/mol. The second-order valence-corrected chi connectivity index (χ2v) is 5.14. The Morgan fingerprint density at radius 2 is 1.52 bits per heavy atom. The second kappa shape index (κ2) is 5.74. The molecule has 2 aromatic carbocycles. The van der Waals surface area contributed by atoms with Crippen molar-refractivity contribution in [1.82, 2.24) is 0 Å². The first-order chi connectivity index (χ1) is 9.81. The van der Waals surface area contributed by atoms with Crippen LogP contribution in [0, 0.1) is 23.0 Å². The average Bonchev–Trinajstić information content (AvgIpc) is 2.42. The quantitative estimate of drug-likeness (QED) is 0.728. The maximum Gasteiger partial charge on any atom is 0.417 e. The predicted molar refractivity (Wildman–Crippen MR) is 66.6 cm³/mol. The summed E-state index contributed by atoms with van der Waals surface area (Å²) in [6, 6.07) is 7.69. The van der Waals surface area contributed by atoms with E-state index >= 15 is 0 Å². The molecule has 2 aromatic rings. The highest BCUT2D eigenvalue weighted by Gasteiger charge is 2.33. The molecule has 7 heteroatoms. The van der Waals surface area contributed by atoms with Gasteiger partial charge in [0.1, 0.15) is 0 Å². The molecule has 0 spiro atoms. The fourth-order valence-electron chi connectivity index (χ4n) is 1.60. The number of hydrogen-bond donors (Lipinski definition) is 0. The molecule has 0 aliphatic heterocycles. The van der Waals surface area contributed by atoms with E-state index in [-0.39, 0.29) is 9.79 Å². The summed E-state index contributed by atoms with van der Waals surface area (Å²) in [5.41, 5.74) is -1.55. The molecule has 0 radical (unpaired) electrons. The van der Waals surface area contributed by atoms with Crippen LogP contribution < -0.4 is 0 Å². The van der Waals surface area contributed by atoms with Crippen LogP contribution in [-0.4, -0.2) is 0 Å². The zero-order valence-corrected chi connectivity index (χ0v) is 11.0. The van der Waals surface area contributed by atoms with Gasteiger partial charge >= 0.3 is 6.18 Å². The van der Waals surface area contributed by atoms with Gasteiger partial charge in [0.15, 0.2) is 11.6 Å². The highest BCUT2D eigenvalue weighted by atomic mass is 32.2. The first-order valence-electron chi connectivity index (χ1n) is 5.55. The Labute approximate surface area is 121 Å². The second-order valence-electron chi connectivity index (χ2n) is 3.99. The SMILES string of the molecule is N#Cc1ccc(Sc2ccc(F)c(F)c2)cc1C(F)(F)F. The zero-order valence-electron chi connectivity index (χ0n) is 10.2. The first-order valence-corrected chi connectivity index (χ1v) is 6.37. The van der Waals surface area contributed by atoms with Crippen LogP contribution in [0.3, 0.4) is 0 Å². The van der Waals surface area contributed by atoms with Gasteiger partial charge in [0.25, 0.3) is 0 Å². The van der Waals surface area contributed by atoms with Crippen LogP contribution in [0.4, 0.5) is 22.0 Å². The monoisotopic (exact) mass is 315 g/mol. The minimum absolute atomic E-state index is 0.173. The third kappa shape index (κ3) is 3.52. The molecule has 108 valence electrons. The minimum Gasteiger partial charge on any atom is -0.204 e. The largest absolute Gasteiger partial charge is 0.417 e. The van der Waals surface area contributed by atoms with Gasteiger partial charge in [0.05, 0.1) is 17.2 Å². The van der Waals surface area contributed by atoms with Crippen molar-refractivity contribution in [2.75, 3.05) is 0 Å². The maximum absolute atomic E-state index is 13.1. The molecule has 1 nitrogen and oxygen atoms in total. The standard InChI is InChI=1S/C14H6F5NS/c15-12-4-3-10(6-13(12)16)21-9-2-1-8(7-20)11(5-9)14(17,18)19/h1-6H. The molecular formula is C14H6F5NS. The van der Waals surface area contributed by atoms with Crippen molar-refractivity contribution in [2.45, 2.75) is 16.0 Å². The molecule has 21 heavy (non-hydrogen) atoms. The lowest BCUT2D eigenvalue weighted by Crippen LogP contribution is -2.07. The number of hydrogen-bond acceptors (Lipinski definition) is 2. The predicted octanol–water partition coefficient (Wildman–Crippen LogP) is 5.01. The number of halogens is 5. The van der Waals surface area contributed by atoms with Gasteiger partial charge in [-0.2, -0.15) is 18.4 Å². The van der Waals surface area contributed by atoms with Crippen LogP contribution in [0.5, 0.6) is 0 Å². The molecule has 0 unspecified atom stereocenters. The van der Waals surface area contributed by atoms with E-state index in [1.54, 1.807) is 0 Å². The van der Waals surface area contributed by atoms with Crippen molar-refractivity contribution < 1.29 is 22.0 Å². The van der Waals surface area contributed by atoms with Crippen molar-refractivity contribution in [3.05, 3.63) is 59.2 Å². The fraction of sp³-hybridized carbons (Fsp3) is 0.0714. The number of rotatable bonds is 2. The summed E-state index contributed by atoms with van der Waals surface area (Å²) < 4.78 is 64.2. The van der Waals surface area contributed by atoms with Crippen molar-refractivity contribution in [2.24, 2.45) is 0 Å². The Morgan fingerprint density at radius 3 is 2.10 bits per heavy atom. The van der Waals surface area contributed by atoms with Crippen LogP contribution in [0.15, 0.2) is 46.2 Å². The van der Waals surface area contributed by atoms with E-state index in [0.717, 1.165) is 36.0 Å². The molecule has 0 N–H and O–H groups in total. The molecule has 0 aromatic heterocycles. The Kier molecular flexibility index (Phi) is 4.19. The Balaban J connectivity index is 2.37. The molecular weight excluding hydrogens is 309 g/mol. The third-order valence-electron chi connectivity index (χ3n) is 2.54. The molecule has 0 bridgehead atoms. The molecule has 0 amide bonds. The summed E-state index contributed by atoms with van der Waals surface area (Å²) >= 11 is 0.844. The number of benzene rings is 2. The molecule has 2 rings (SSSR count). The van der Waals surface area contributed by atoms with Gasteiger partial charge in [0.2, 0.25) is 0 Å². The van der Waals surface area contributed by atoms with E-state index in [1.165, 1.54) is 18.2 Å². The van der Waals surface area contributed by atoms with E-state index in [2.05, 4.69) is 0 Å². The minimum atomic E-state index is -4.66. The molecule has 0 saturated carbocycles. The number of nitrogens with zero attached hydrogens (tertiary/aromatic N) is 1. The fourth-order valence-corrected chi connectivity index (χ4v) is 2.48.